The number of aliphatic carboxylic acids is 1. The van der Waals surface area contributed by atoms with Crippen LogP contribution < -0.4 is 33.2 Å². The van der Waals surface area contributed by atoms with E-state index in [0.717, 1.165) is 0 Å². The number of aromatic hydroxyl groups is 1. The van der Waals surface area contributed by atoms with Gasteiger partial charge in [0.1, 0.15) is 23.9 Å². The van der Waals surface area contributed by atoms with E-state index in [2.05, 4.69) is 33.6 Å². The van der Waals surface area contributed by atoms with Crippen LogP contribution in [0, 0.1) is 5.92 Å². The van der Waals surface area contributed by atoms with Crippen molar-refractivity contribution in [2.24, 2.45) is 28.1 Å². The van der Waals surface area contributed by atoms with E-state index < -0.39 is 47.9 Å². The second kappa shape index (κ2) is 15.6. The molecule has 11 N–H and O–H groups in total. The Balaban J connectivity index is 3.14. The van der Waals surface area contributed by atoms with Gasteiger partial charge in [0.15, 0.2) is 5.96 Å². The number of benzene rings is 1. The van der Waals surface area contributed by atoms with Crippen molar-refractivity contribution in [1.29, 1.82) is 0 Å². The molecule has 206 valence electrons. The summed E-state index contributed by atoms with van der Waals surface area (Å²) in [5, 5.41) is 26.4. The van der Waals surface area contributed by atoms with Crippen molar-refractivity contribution < 1.29 is 29.4 Å². The lowest BCUT2D eigenvalue weighted by Crippen LogP contribution is -2.58. The molecule has 13 nitrogen and oxygen atoms in total. The molecule has 0 bridgehead atoms. The summed E-state index contributed by atoms with van der Waals surface area (Å²) >= 11 is 3.94. The van der Waals surface area contributed by atoms with Crippen molar-refractivity contribution in [2.75, 3.05) is 12.3 Å². The molecule has 14 heteroatoms. The van der Waals surface area contributed by atoms with Crippen LogP contribution in [-0.4, -0.2) is 76.3 Å². The molecule has 0 spiro atoms. The first kappa shape index (κ1) is 31.5. The maximum absolute atomic E-state index is 13.3. The molecule has 4 unspecified atom stereocenters. The van der Waals surface area contributed by atoms with Crippen LogP contribution in [0.2, 0.25) is 0 Å². The van der Waals surface area contributed by atoms with Gasteiger partial charge in [-0.15, -0.1) is 0 Å². The number of phenols is 1. The standard InChI is InChI=1S/C23H37N7O6S/c1-12(2)18(24)21(34)29-16(10-13-5-7-14(31)8-6-13)20(33)28-15(4-3-9-27-23(25)26)19(32)30-17(11-37)22(35)36/h5-8,12,15-18,31,37H,3-4,9-11,24H2,1-2H3,(H,28,33)(H,29,34)(H,30,32)(H,35,36)(H4,25,26,27). The Kier molecular flexibility index (Phi) is 13.3. The number of carbonyl (C=O) groups is 4. The zero-order valence-electron chi connectivity index (χ0n) is 20.9. The van der Waals surface area contributed by atoms with Gasteiger partial charge in [0.2, 0.25) is 17.7 Å². The average Bonchev–Trinajstić information content (AvgIpc) is 2.83. The zero-order chi connectivity index (χ0) is 28.1. The number of nitrogens with zero attached hydrogens (tertiary/aromatic N) is 1. The highest BCUT2D eigenvalue weighted by Gasteiger charge is 2.30. The first-order chi connectivity index (χ1) is 17.3. The van der Waals surface area contributed by atoms with Gasteiger partial charge in [0.25, 0.3) is 0 Å². The van der Waals surface area contributed by atoms with E-state index >= 15 is 0 Å². The summed E-state index contributed by atoms with van der Waals surface area (Å²) in [6.45, 7) is 3.70. The molecular weight excluding hydrogens is 502 g/mol. The first-order valence-electron chi connectivity index (χ1n) is 11.7. The number of thiol groups is 1. The number of rotatable bonds is 15. The minimum absolute atomic E-state index is 0.0327. The largest absolute Gasteiger partial charge is 0.508 e. The Hall–Kier alpha value is -3.52. The number of nitrogens with one attached hydrogen (secondary N) is 3. The van der Waals surface area contributed by atoms with Gasteiger partial charge < -0.3 is 43.4 Å². The van der Waals surface area contributed by atoms with Crippen LogP contribution in [0.1, 0.15) is 32.3 Å². The minimum atomic E-state index is -1.28. The lowest BCUT2D eigenvalue weighted by molar-refractivity contribution is -0.141. The lowest BCUT2D eigenvalue weighted by atomic mass is 10.0. The molecule has 1 aromatic carbocycles. The summed E-state index contributed by atoms with van der Waals surface area (Å²) in [6.07, 6.45) is 0.417. The second-order valence-corrected chi connectivity index (χ2v) is 9.16. The maximum Gasteiger partial charge on any atom is 0.327 e. The number of hydrogen-bond acceptors (Lipinski definition) is 8. The third-order valence-electron chi connectivity index (χ3n) is 5.41. The molecule has 0 aliphatic heterocycles. The fraction of sp³-hybridized carbons (Fsp3) is 0.522. The van der Waals surface area contributed by atoms with Gasteiger partial charge in [-0.3, -0.25) is 19.4 Å². The fourth-order valence-corrected chi connectivity index (χ4v) is 3.40. The van der Waals surface area contributed by atoms with Crippen molar-refractivity contribution in [3.8, 4) is 5.75 Å². The average molecular weight is 540 g/mol. The Morgan fingerprint density at radius 3 is 2.00 bits per heavy atom. The highest BCUT2D eigenvalue weighted by atomic mass is 32.1. The summed E-state index contributed by atoms with van der Waals surface area (Å²) in [5.74, 6) is -3.72. The monoisotopic (exact) mass is 539 g/mol. The van der Waals surface area contributed by atoms with E-state index in [-0.39, 0.29) is 42.8 Å². The molecule has 0 aliphatic carbocycles. The molecule has 3 amide bonds. The summed E-state index contributed by atoms with van der Waals surface area (Å²) in [4.78, 5) is 54.0. The molecule has 0 aliphatic rings. The van der Waals surface area contributed by atoms with Crippen LogP contribution in [0.4, 0.5) is 0 Å². The summed E-state index contributed by atoms with van der Waals surface area (Å²) in [5.41, 5.74) is 17.2. The van der Waals surface area contributed by atoms with Crippen molar-refractivity contribution in [1.82, 2.24) is 16.0 Å². The van der Waals surface area contributed by atoms with Crippen molar-refractivity contribution in [2.45, 2.75) is 57.3 Å². The first-order valence-corrected chi connectivity index (χ1v) is 12.3. The number of nitrogens with two attached hydrogens (primary N) is 3. The van der Waals surface area contributed by atoms with Gasteiger partial charge in [-0.2, -0.15) is 12.6 Å². The molecule has 0 fully saturated rings. The van der Waals surface area contributed by atoms with E-state index in [1.165, 1.54) is 12.1 Å². The third kappa shape index (κ3) is 11.4. The normalized spacial score (nSPS) is 14.1. The summed E-state index contributed by atoms with van der Waals surface area (Å²) in [6, 6.07) is 1.65. The van der Waals surface area contributed by atoms with E-state index in [1.807, 2.05) is 0 Å². The smallest absolute Gasteiger partial charge is 0.327 e. The quantitative estimate of drug-likeness (QED) is 0.0541. The van der Waals surface area contributed by atoms with Crippen LogP contribution >= 0.6 is 12.6 Å². The van der Waals surface area contributed by atoms with Crippen molar-refractivity contribution in [3.05, 3.63) is 29.8 Å². The SMILES string of the molecule is CC(C)C(N)C(=O)NC(Cc1ccc(O)cc1)C(=O)NC(CCCN=C(N)N)C(=O)NC(CS)C(=O)O. The van der Waals surface area contributed by atoms with Gasteiger partial charge in [-0.1, -0.05) is 26.0 Å². The molecule has 0 saturated heterocycles. The number of carboxylic acid groups (broad SMARTS) is 1. The Morgan fingerprint density at radius 1 is 0.946 bits per heavy atom. The van der Waals surface area contributed by atoms with Gasteiger partial charge in [-0.05, 0) is 36.5 Å². The molecule has 1 aromatic rings. The maximum atomic E-state index is 13.3. The number of amides is 3. The summed E-state index contributed by atoms with van der Waals surface area (Å²) < 4.78 is 0. The van der Waals surface area contributed by atoms with E-state index in [9.17, 15) is 29.4 Å². The topological polar surface area (TPSA) is 235 Å². The number of aliphatic imine (C=N–C) groups is 1. The Morgan fingerprint density at radius 2 is 1.49 bits per heavy atom. The Labute approximate surface area is 221 Å². The molecule has 0 aromatic heterocycles. The molecule has 1 rings (SSSR count). The summed E-state index contributed by atoms with van der Waals surface area (Å²) in [7, 11) is 0. The lowest BCUT2D eigenvalue weighted by Gasteiger charge is -2.25. The van der Waals surface area contributed by atoms with Crippen molar-refractivity contribution >= 4 is 42.3 Å². The second-order valence-electron chi connectivity index (χ2n) is 8.79. The number of carboxylic acids is 1. The van der Waals surface area contributed by atoms with Crippen LogP contribution in [0.15, 0.2) is 29.3 Å². The molecule has 37 heavy (non-hydrogen) atoms. The van der Waals surface area contributed by atoms with Gasteiger partial charge in [0.05, 0.1) is 6.04 Å². The van der Waals surface area contributed by atoms with Crippen LogP contribution in [-0.2, 0) is 25.6 Å². The zero-order valence-corrected chi connectivity index (χ0v) is 21.8. The molecule has 0 heterocycles. The number of guanidine groups is 1. The molecular formula is C23H37N7O6S. The van der Waals surface area contributed by atoms with E-state index in [4.69, 9.17) is 17.2 Å². The number of phenolic OH excluding ortho intramolecular Hbond substituents is 1. The van der Waals surface area contributed by atoms with Gasteiger partial charge >= 0.3 is 5.97 Å². The van der Waals surface area contributed by atoms with E-state index in [1.54, 1.807) is 26.0 Å². The van der Waals surface area contributed by atoms with Gasteiger partial charge in [-0.25, -0.2) is 4.79 Å². The predicted molar refractivity (Wildman–Crippen MR) is 142 cm³/mol. The highest BCUT2D eigenvalue weighted by Crippen LogP contribution is 2.12. The molecule has 4 atom stereocenters. The number of carbonyl (C=O) groups excluding carboxylic acids is 3. The van der Waals surface area contributed by atoms with E-state index in [0.29, 0.717) is 12.0 Å². The van der Waals surface area contributed by atoms with Gasteiger partial charge in [0, 0.05) is 18.7 Å². The molecule has 0 saturated carbocycles. The fourth-order valence-electron chi connectivity index (χ4n) is 3.15. The van der Waals surface area contributed by atoms with Crippen LogP contribution in [0.5, 0.6) is 5.75 Å². The Bertz CT molecular complexity index is 953. The minimum Gasteiger partial charge on any atom is -0.508 e. The van der Waals surface area contributed by atoms with Crippen LogP contribution in [0.3, 0.4) is 0 Å². The third-order valence-corrected chi connectivity index (χ3v) is 5.77. The van der Waals surface area contributed by atoms with Crippen LogP contribution in [0.25, 0.3) is 0 Å². The van der Waals surface area contributed by atoms with Crippen molar-refractivity contribution in [3.63, 3.8) is 0 Å². The number of hydrogen-bond donors (Lipinski definition) is 9. The molecule has 0 radical (unpaired) electrons. The predicted octanol–water partition coefficient (Wildman–Crippen LogP) is -1.56. The highest BCUT2D eigenvalue weighted by molar-refractivity contribution is 7.80.